The third kappa shape index (κ3) is 5.96. The van der Waals surface area contributed by atoms with Crippen LogP contribution < -0.4 is 10.1 Å². The van der Waals surface area contributed by atoms with Crippen LogP contribution in [0.25, 0.3) is 0 Å². The number of nitrogens with one attached hydrogen (secondary N) is 1. The summed E-state index contributed by atoms with van der Waals surface area (Å²) < 4.78 is 20.7. The van der Waals surface area contributed by atoms with Crippen molar-refractivity contribution in [2.24, 2.45) is 7.05 Å². The lowest BCUT2D eigenvalue weighted by molar-refractivity contribution is -0.113. The number of amides is 1. The monoisotopic (exact) mass is 522 g/mol. The number of carbonyl (C=O) groups is 1. The van der Waals surface area contributed by atoms with Crippen LogP contribution >= 0.6 is 58.2 Å². The van der Waals surface area contributed by atoms with Crippen molar-refractivity contribution in [1.29, 1.82) is 0 Å². The molecule has 31 heavy (non-hydrogen) atoms. The number of carbonyl (C=O) groups excluding carboxylic acids is 1. The second-order valence-electron chi connectivity index (χ2n) is 6.32. The highest BCUT2D eigenvalue weighted by Gasteiger charge is 2.19. The first-order valence-electron chi connectivity index (χ1n) is 8.74. The first kappa shape index (κ1) is 23.9. The number of nitrogens with zero attached hydrogens (tertiary/aromatic N) is 3. The Kier molecular flexibility index (Phi) is 7.93. The van der Waals surface area contributed by atoms with E-state index in [1.54, 1.807) is 18.5 Å². The molecular formula is C19H15Cl4FN4O2S. The summed E-state index contributed by atoms with van der Waals surface area (Å²) in [5, 5.41) is 12.4. The maximum absolute atomic E-state index is 13.2. The average Bonchev–Trinajstić information content (AvgIpc) is 3.07. The summed E-state index contributed by atoms with van der Waals surface area (Å²) in [7, 11) is 1.75. The van der Waals surface area contributed by atoms with E-state index in [1.807, 2.05) is 0 Å². The van der Waals surface area contributed by atoms with Gasteiger partial charge in [0.15, 0.2) is 17.1 Å². The first-order chi connectivity index (χ1) is 14.7. The molecule has 1 amide bonds. The zero-order chi connectivity index (χ0) is 22.7. The normalized spacial score (nSPS) is 12.0. The second kappa shape index (κ2) is 10.3. The molecule has 0 saturated carbocycles. The Morgan fingerprint density at radius 1 is 1.13 bits per heavy atom. The number of anilines is 1. The fourth-order valence-electron chi connectivity index (χ4n) is 2.55. The van der Waals surface area contributed by atoms with Crippen LogP contribution in [0, 0.1) is 5.82 Å². The molecule has 0 spiro atoms. The Hall–Kier alpha value is -1.71. The zero-order valence-electron chi connectivity index (χ0n) is 16.1. The van der Waals surface area contributed by atoms with E-state index in [2.05, 4.69) is 15.5 Å². The molecular weight excluding hydrogens is 509 g/mol. The molecule has 3 rings (SSSR count). The van der Waals surface area contributed by atoms with E-state index in [0.29, 0.717) is 27.4 Å². The average molecular weight is 524 g/mol. The molecule has 0 aliphatic rings. The van der Waals surface area contributed by atoms with Crippen molar-refractivity contribution in [3.63, 3.8) is 0 Å². The van der Waals surface area contributed by atoms with Gasteiger partial charge in [0.25, 0.3) is 0 Å². The summed E-state index contributed by atoms with van der Waals surface area (Å²) in [6.07, 6.45) is -0.515. The summed E-state index contributed by atoms with van der Waals surface area (Å²) in [5.41, 5.74) is 0.360. The topological polar surface area (TPSA) is 69.0 Å². The Balaban J connectivity index is 1.62. The third-order valence-corrected chi connectivity index (χ3v) is 6.40. The van der Waals surface area contributed by atoms with Crippen molar-refractivity contribution < 1.29 is 13.9 Å². The van der Waals surface area contributed by atoms with Gasteiger partial charge in [-0.2, -0.15) is 0 Å². The third-order valence-electron chi connectivity index (χ3n) is 4.05. The highest BCUT2D eigenvalue weighted by molar-refractivity contribution is 7.99. The SMILES string of the molecule is CC(Oc1ccc(F)cc1Cl)c1nnc(SCC(=O)Nc2cc(Cl)c(Cl)cc2Cl)n1C. The number of aromatic nitrogens is 3. The molecule has 1 unspecified atom stereocenters. The van der Waals surface area contributed by atoms with Crippen molar-refractivity contribution in [3.8, 4) is 5.75 Å². The largest absolute Gasteiger partial charge is 0.481 e. The molecule has 2 aromatic carbocycles. The van der Waals surface area contributed by atoms with Gasteiger partial charge in [0.2, 0.25) is 5.91 Å². The minimum absolute atomic E-state index is 0.0571. The second-order valence-corrected chi connectivity index (χ2v) is 8.89. The number of benzene rings is 2. The smallest absolute Gasteiger partial charge is 0.234 e. The number of hydrogen-bond donors (Lipinski definition) is 1. The van der Waals surface area contributed by atoms with Crippen LogP contribution in [0.2, 0.25) is 20.1 Å². The zero-order valence-corrected chi connectivity index (χ0v) is 20.0. The Morgan fingerprint density at radius 3 is 2.55 bits per heavy atom. The van der Waals surface area contributed by atoms with Gasteiger partial charge in [-0.1, -0.05) is 58.2 Å². The van der Waals surface area contributed by atoms with Gasteiger partial charge >= 0.3 is 0 Å². The summed E-state index contributed by atoms with van der Waals surface area (Å²) in [4.78, 5) is 12.3. The number of halogens is 5. The molecule has 1 heterocycles. The highest BCUT2D eigenvalue weighted by Crippen LogP contribution is 2.33. The quantitative estimate of drug-likeness (QED) is 0.285. The van der Waals surface area contributed by atoms with E-state index in [4.69, 9.17) is 51.1 Å². The molecule has 1 aromatic heterocycles. The van der Waals surface area contributed by atoms with Gasteiger partial charge in [-0.05, 0) is 37.3 Å². The summed E-state index contributed by atoms with van der Waals surface area (Å²) >= 11 is 25.1. The van der Waals surface area contributed by atoms with Gasteiger partial charge < -0.3 is 14.6 Å². The molecule has 1 atom stereocenters. The van der Waals surface area contributed by atoms with Gasteiger partial charge in [0, 0.05) is 7.05 Å². The summed E-state index contributed by atoms with van der Waals surface area (Å²) in [5.74, 6) is 0.128. The van der Waals surface area contributed by atoms with Gasteiger partial charge in [-0.25, -0.2) is 4.39 Å². The Bertz CT molecular complexity index is 1130. The molecule has 6 nitrogen and oxygen atoms in total. The maximum Gasteiger partial charge on any atom is 0.234 e. The number of rotatable bonds is 7. The first-order valence-corrected chi connectivity index (χ1v) is 11.2. The van der Waals surface area contributed by atoms with Crippen LogP contribution in [0.1, 0.15) is 18.9 Å². The fraction of sp³-hybridized carbons (Fsp3) is 0.211. The minimum Gasteiger partial charge on any atom is -0.481 e. The molecule has 0 bridgehead atoms. The standard InChI is InChI=1S/C19H15Cl4FN4O2S/c1-9(30-16-4-3-10(24)5-14(16)23)18-26-27-19(28(18)2)31-8-17(29)25-15-7-12(21)11(20)6-13(15)22/h3-7,9H,8H2,1-2H3,(H,25,29). The van der Waals surface area contributed by atoms with E-state index in [-0.39, 0.29) is 26.7 Å². The highest BCUT2D eigenvalue weighted by atomic mass is 35.5. The van der Waals surface area contributed by atoms with E-state index in [0.717, 1.165) is 0 Å². The molecule has 12 heteroatoms. The lowest BCUT2D eigenvalue weighted by Gasteiger charge is -2.15. The van der Waals surface area contributed by atoms with Crippen molar-refractivity contribution >= 4 is 69.8 Å². The number of thioether (sulfide) groups is 1. The lowest BCUT2D eigenvalue weighted by Crippen LogP contribution is -2.15. The van der Waals surface area contributed by atoms with Gasteiger partial charge in [-0.15, -0.1) is 10.2 Å². The number of ether oxygens (including phenoxy) is 1. The molecule has 0 fully saturated rings. The van der Waals surface area contributed by atoms with Crippen LogP contribution in [0.4, 0.5) is 10.1 Å². The molecule has 0 radical (unpaired) electrons. The maximum atomic E-state index is 13.2. The summed E-state index contributed by atoms with van der Waals surface area (Å²) in [6, 6.07) is 6.80. The van der Waals surface area contributed by atoms with Crippen LogP contribution in [0.5, 0.6) is 5.75 Å². The molecule has 3 aromatic rings. The van der Waals surface area contributed by atoms with Crippen molar-refractivity contribution in [1.82, 2.24) is 14.8 Å². The lowest BCUT2D eigenvalue weighted by atomic mass is 10.3. The van der Waals surface area contributed by atoms with Crippen LogP contribution in [-0.4, -0.2) is 26.4 Å². The van der Waals surface area contributed by atoms with Crippen molar-refractivity contribution in [2.45, 2.75) is 18.2 Å². The minimum atomic E-state index is -0.515. The molecule has 0 saturated heterocycles. The molecule has 164 valence electrons. The Morgan fingerprint density at radius 2 is 1.84 bits per heavy atom. The van der Waals surface area contributed by atoms with E-state index in [9.17, 15) is 9.18 Å². The van der Waals surface area contributed by atoms with Gasteiger partial charge in [-0.3, -0.25) is 4.79 Å². The van der Waals surface area contributed by atoms with Crippen molar-refractivity contribution in [3.05, 3.63) is 62.1 Å². The Labute approximate surface area is 202 Å². The molecule has 0 aliphatic heterocycles. The van der Waals surface area contributed by atoms with Gasteiger partial charge in [0.05, 0.1) is 31.5 Å². The van der Waals surface area contributed by atoms with Crippen molar-refractivity contribution in [2.75, 3.05) is 11.1 Å². The molecule has 1 N–H and O–H groups in total. The molecule has 0 aliphatic carbocycles. The predicted molar refractivity (Wildman–Crippen MR) is 122 cm³/mol. The van der Waals surface area contributed by atoms with E-state index in [1.165, 1.54) is 42.1 Å². The van der Waals surface area contributed by atoms with Gasteiger partial charge in [0.1, 0.15) is 11.6 Å². The van der Waals surface area contributed by atoms with E-state index >= 15 is 0 Å². The van der Waals surface area contributed by atoms with Crippen LogP contribution in [0.3, 0.4) is 0 Å². The van der Waals surface area contributed by atoms with Crippen LogP contribution in [0.15, 0.2) is 35.5 Å². The fourth-order valence-corrected chi connectivity index (χ4v) is 4.08. The van der Waals surface area contributed by atoms with Crippen LogP contribution in [-0.2, 0) is 11.8 Å². The summed E-state index contributed by atoms with van der Waals surface area (Å²) in [6.45, 7) is 1.76. The van der Waals surface area contributed by atoms with E-state index < -0.39 is 11.9 Å². The number of hydrogen-bond acceptors (Lipinski definition) is 5. The predicted octanol–water partition coefficient (Wildman–Crippen LogP) is 6.44.